The highest BCUT2D eigenvalue weighted by molar-refractivity contribution is 6.31. The van der Waals surface area contributed by atoms with Crippen molar-refractivity contribution >= 4 is 70.0 Å². The number of benzene rings is 4. The second-order valence-electron chi connectivity index (χ2n) is 16.1. The molecule has 0 bridgehead atoms. The molecule has 0 radical (unpaired) electrons. The molecule has 2 atom stereocenters. The molecule has 0 fully saturated rings. The van der Waals surface area contributed by atoms with E-state index >= 15 is 0 Å². The maximum Gasteiger partial charge on any atom is 0.419 e. The van der Waals surface area contributed by atoms with Crippen molar-refractivity contribution in [2.24, 2.45) is 5.73 Å². The Morgan fingerprint density at radius 2 is 1.19 bits per heavy atom. The number of pyridine rings is 2. The summed E-state index contributed by atoms with van der Waals surface area (Å²) in [5.41, 5.74) is 12.6. The highest BCUT2D eigenvalue weighted by Gasteiger charge is 2.30. The average Bonchev–Trinajstić information content (AvgIpc) is 3.93. The minimum absolute atomic E-state index is 0. The number of nitrogens with one attached hydrogen (secondary N) is 3. The zero-order chi connectivity index (χ0) is 50.4. The van der Waals surface area contributed by atoms with Gasteiger partial charge in [-0.05, 0) is 96.8 Å². The number of hydrogen-bond acceptors (Lipinski definition) is 12. The van der Waals surface area contributed by atoms with Crippen molar-refractivity contribution in [1.29, 1.82) is 0 Å². The zero-order valence-corrected chi connectivity index (χ0v) is 39.9. The topological polar surface area (TPSA) is 199 Å². The van der Waals surface area contributed by atoms with Crippen LogP contribution in [0.25, 0.3) is 0 Å². The summed E-state index contributed by atoms with van der Waals surface area (Å²) in [7, 11) is 3.83. The quantitative estimate of drug-likeness (QED) is 0.107. The van der Waals surface area contributed by atoms with E-state index in [-0.39, 0.29) is 62.0 Å². The predicted octanol–water partition coefficient (Wildman–Crippen LogP) is 11.2. The fourth-order valence-corrected chi connectivity index (χ4v) is 8.04. The molecule has 3 amide bonds. The van der Waals surface area contributed by atoms with Crippen molar-refractivity contribution in [2.75, 3.05) is 47.6 Å². The first kappa shape index (κ1) is 56.0. The number of fused-ring (bicyclic) bond motifs is 2. The number of amides is 3. The number of para-hydroxylation sites is 2. The van der Waals surface area contributed by atoms with Gasteiger partial charge in [0.25, 0.3) is 11.8 Å². The van der Waals surface area contributed by atoms with Gasteiger partial charge >= 0.3 is 12.2 Å². The van der Waals surface area contributed by atoms with Gasteiger partial charge in [0, 0.05) is 69.4 Å². The number of hydrogen-bond donors (Lipinski definition) is 4. The molecule has 0 saturated carbocycles. The van der Waals surface area contributed by atoms with E-state index in [1.807, 2.05) is 54.2 Å². The molecule has 2 unspecified atom stereocenters. The molecule has 4 aromatic carbocycles. The van der Waals surface area contributed by atoms with Gasteiger partial charge in [-0.25, -0.2) is 27.9 Å². The number of aromatic nitrogens is 4. The highest BCUT2D eigenvalue weighted by atomic mass is 35.5. The third-order valence-electron chi connectivity index (χ3n) is 11.2. The van der Waals surface area contributed by atoms with Gasteiger partial charge in [-0.3, -0.25) is 19.6 Å². The molecule has 7 aromatic rings. The molecule has 0 aliphatic carbocycles. The van der Waals surface area contributed by atoms with Gasteiger partial charge in [0.1, 0.15) is 31.2 Å². The molecule has 5 heterocycles. The Balaban J connectivity index is 0.000000215. The smallest absolute Gasteiger partial charge is 0.419 e. The fourth-order valence-electron chi connectivity index (χ4n) is 7.67. The van der Waals surface area contributed by atoms with Gasteiger partial charge in [0.05, 0.1) is 50.0 Å². The summed E-state index contributed by atoms with van der Waals surface area (Å²) in [5.74, 6) is -1.71. The molecule has 0 saturated heterocycles. The monoisotopic (exact) mass is 1040 g/mol. The van der Waals surface area contributed by atoms with Gasteiger partial charge in [0.15, 0.2) is 0 Å². The van der Waals surface area contributed by atoms with Crippen LogP contribution in [0.15, 0.2) is 140 Å². The summed E-state index contributed by atoms with van der Waals surface area (Å²) in [6, 6.07) is 29.4. The fraction of sp³-hybridized carbons (Fsp3) is 0.226. The Morgan fingerprint density at radius 1 is 0.671 bits per heavy atom. The first-order valence-electron chi connectivity index (χ1n) is 22.1. The van der Waals surface area contributed by atoms with E-state index < -0.39 is 23.8 Å². The maximum atomic E-state index is 13.4. The standard InChI is InChI=1S/C24H22ClFN4O3.C17H17ClFN3O.C10H9N3O2.2CH4/c1-30-12-10-21(29-24(32)33-14-16-5-2-3-11-27-16)17-6-4-7-18(22(17)30)23(31)28-15-8-9-20(26)19(25)13-15;1-22-8-7-15(20)11-3-2-4-12(16(11)22)17(23)21-10-5-6-14(19)13(18)9-10;14-10(13-6-5-11-8-13)15-7-9-3-1-2-4-12-9;;/h2-9,11,13,21H,10,12,14H2,1H3,(H,28,31)(H,29,32);2-6,9,15H,7-8,20H2,1H3,(H,21,23);1-6,8H,7H2;2*1H4. The summed E-state index contributed by atoms with van der Waals surface area (Å²) in [6.45, 7) is 1.65. The van der Waals surface area contributed by atoms with Crippen molar-refractivity contribution in [1.82, 2.24) is 24.8 Å². The summed E-state index contributed by atoms with van der Waals surface area (Å²) < 4.78 is 38.2. The lowest BCUT2D eigenvalue weighted by molar-refractivity contribution is 0.101. The number of nitrogens with zero attached hydrogens (tertiary/aromatic N) is 6. The van der Waals surface area contributed by atoms with Gasteiger partial charge in [0.2, 0.25) is 0 Å². The van der Waals surface area contributed by atoms with Crippen LogP contribution in [0.5, 0.6) is 0 Å². The third-order valence-corrected chi connectivity index (χ3v) is 11.8. The summed E-state index contributed by atoms with van der Waals surface area (Å²) in [6.07, 6.45) is 8.21. The van der Waals surface area contributed by atoms with Crippen LogP contribution in [0.4, 0.5) is 41.1 Å². The molecule has 5 N–H and O–H groups in total. The number of imidazole rings is 1. The summed E-state index contributed by atoms with van der Waals surface area (Å²) >= 11 is 11.6. The van der Waals surface area contributed by atoms with Gasteiger partial charge in [-0.15, -0.1) is 0 Å². The zero-order valence-electron chi connectivity index (χ0n) is 38.4. The van der Waals surface area contributed by atoms with Crippen LogP contribution in [-0.2, 0) is 22.7 Å². The highest BCUT2D eigenvalue weighted by Crippen LogP contribution is 2.37. The summed E-state index contributed by atoms with van der Waals surface area (Å²) in [5, 5.41) is 8.29. The Bertz CT molecular complexity index is 2980. The van der Waals surface area contributed by atoms with Gasteiger partial charge in [-0.1, -0.05) is 74.5 Å². The van der Waals surface area contributed by atoms with Crippen LogP contribution < -0.4 is 31.5 Å². The SMILES string of the molecule is C.C.CN1CCC(N)c2cccc(C(=O)Nc3ccc(F)c(Cl)c3)c21.CN1CCC(NC(=O)OCc2ccccn2)c2cccc(C(=O)Nc3ccc(F)c(Cl)c3)c21.O=C(OCc1ccccn1)n1ccnc1. The van der Waals surface area contributed by atoms with Crippen molar-refractivity contribution in [3.8, 4) is 0 Å². The Morgan fingerprint density at radius 3 is 1.70 bits per heavy atom. The van der Waals surface area contributed by atoms with E-state index in [9.17, 15) is 28.0 Å². The number of halogens is 4. The van der Waals surface area contributed by atoms with Crippen molar-refractivity contribution in [3.63, 3.8) is 0 Å². The molecule has 73 heavy (non-hydrogen) atoms. The van der Waals surface area contributed by atoms with Crippen LogP contribution in [-0.4, -0.2) is 70.7 Å². The van der Waals surface area contributed by atoms with Gasteiger partial charge < -0.3 is 41.0 Å². The average molecular weight is 1040 g/mol. The van der Waals surface area contributed by atoms with Gasteiger partial charge in [-0.2, -0.15) is 0 Å². The molecule has 382 valence electrons. The van der Waals surface area contributed by atoms with E-state index in [0.717, 1.165) is 29.8 Å². The first-order valence-corrected chi connectivity index (χ1v) is 22.9. The number of nitrogens with two attached hydrogens (primary N) is 1. The summed E-state index contributed by atoms with van der Waals surface area (Å²) in [4.78, 5) is 65.3. The van der Waals surface area contributed by atoms with E-state index in [1.165, 1.54) is 59.7 Å². The Kier molecular flexibility index (Phi) is 20.3. The van der Waals surface area contributed by atoms with E-state index in [0.29, 0.717) is 52.5 Å². The molecule has 16 nitrogen and oxygen atoms in total. The van der Waals surface area contributed by atoms with E-state index in [2.05, 4.69) is 30.9 Å². The molecular formula is C53H56Cl2F2N10O6. The maximum absolute atomic E-state index is 13.4. The van der Waals surface area contributed by atoms with Crippen LogP contribution >= 0.6 is 23.2 Å². The Labute approximate surface area is 432 Å². The second-order valence-corrected chi connectivity index (χ2v) is 16.9. The number of carbonyl (C=O) groups is 4. The number of anilines is 4. The van der Waals surface area contributed by atoms with Crippen LogP contribution in [0.3, 0.4) is 0 Å². The largest absolute Gasteiger partial charge is 0.443 e. The number of carbonyl (C=O) groups excluding carboxylic acids is 4. The third kappa shape index (κ3) is 14.8. The van der Waals surface area contributed by atoms with Crippen molar-refractivity contribution in [3.05, 3.63) is 196 Å². The number of rotatable bonds is 9. The second kappa shape index (κ2) is 26.5. The minimum Gasteiger partial charge on any atom is -0.443 e. The minimum atomic E-state index is -0.560. The number of alkyl carbamates (subject to hydrolysis) is 1. The molecule has 3 aromatic heterocycles. The van der Waals surface area contributed by atoms with Crippen LogP contribution in [0, 0.1) is 11.6 Å². The lowest BCUT2D eigenvalue weighted by Gasteiger charge is -2.34. The van der Waals surface area contributed by atoms with Crippen molar-refractivity contribution < 1.29 is 37.4 Å². The Hall–Kier alpha value is -7.93. The van der Waals surface area contributed by atoms with Crippen LogP contribution in [0.1, 0.15) is 83.0 Å². The lowest BCUT2D eigenvalue weighted by atomic mass is 9.93. The van der Waals surface area contributed by atoms with Crippen LogP contribution in [0.2, 0.25) is 10.0 Å². The first-order chi connectivity index (χ1) is 34.2. The molecule has 0 spiro atoms. The predicted molar refractivity (Wildman–Crippen MR) is 280 cm³/mol. The molecule has 9 rings (SSSR count). The van der Waals surface area contributed by atoms with E-state index in [1.54, 1.807) is 54.9 Å². The van der Waals surface area contributed by atoms with Crippen molar-refractivity contribution in [2.45, 2.75) is 53.0 Å². The molecule has 20 heteroatoms. The number of ether oxygens (including phenoxy) is 2. The van der Waals surface area contributed by atoms with E-state index in [4.69, 9.17) is 38.4 Å². The normalized spacial score (nSPS) is 14.1. The molecule has 2 aliphatic rings. The lowest BCUT2D eigenvalue weighted by Crippen LogP contribution is -2.37. The molecule has 2 aliphatic heterocycles. The molecular weight excluding hydrogens is 982 g/mol.